The Labute approximate surface area is 63.5 Å². The van der Waals surface area contributed by atoms with Gasteiger partial charge in [0.2, 0.25) is 5.91 Å². The molecule has 2 unspecified atom stereocenters. The van der Waals surface area contributed by atoms with Gasteiger partial charge in [-0.1, -0.05) is 0 Å². The van der Waals surface area contributed by atoms with E-state index in [4.69, 9.17) is 23.2 Å². The molecule has 0 bridgehead atoms. The molecule has 1 aliphatic rings. The molecule has 1 amide bonds. The summed E-state index contributed by atoms with van der Waals surface area (Å²) in [6.07, 6.45) is 0.578. The van der Waals surface area contributed by atoms with Crippen LogP contribution in [0.4, 0.5) is 0 Å². The van der Waals surface area contributed by atoms with Gasteiger partial charge in [-0.3, -0.25) is 4.79 Å². The molecule has 1 aliphatic heterocycles. The maximum atomic E-state index is 10.6. The Morgan fingerprint density at radius 3 is 2.67 bits per heavy atom. The summed E-state index contributed by atoms with van der Waals surface area (Å²) in [7, 11) is 0. The number of amides is 1. The third kappa shape index (κ3) is 1.73. The van der Waals surface area contributed by atoms with E-state index >= 15 is 0 Å². The Balaban J connectivity index is 2.44. The second-order valence-corrected chi connectivity index (χ2v) is 3.19. The van der Waals surface area contributed by atoms with E-state index in [0.717, 1.165) is 0 Å². The molecule has 0 aromatic rings. The number of halogens is 2. The fourth-order valence-electron chi connectivity index (χ4n) is 0.737. The Bertz CT molecular complexity index is 128. The molecule has 0 radical (unpaired) electrons. The van der Waals surface area contributed by atoms with E-state index in [2.05, 4.69) is 5.32 Å². The fraction of sp³-hybridized carbons (Fsp3) is 0.800. The first-order valence-electron chi connectivity index (χ1n) is 2.76. The van der Waals surface area contributed by atoms with Crippen LogP contribution in [0, 0.1) is 0 Å². The van der Waals surface area contributed by atoms with Crippen molar-refractivity contribution >= 4 is 29.1 Å². The van der Waals surface area contributed by atoms with Crippen LogP contribution in [0.25, 0.3) is 0 Å². The third-order valence-corrected chi connectivity index (χ3v) is 1.95. The average Bonchev–Trinajstić information content (AvgIpc) is 1.80. The SMILES string of the molecule is O=C1NCC(Cl)CC1Cl. The van der Waals surface area contributed by atoms with Crippen molar-refractivity contribution in [3.63, 3.8) is 0 Å². The lowest BCUT2D eigenvalue weighted by atomic mass is 10.1. The summed E-state index contributed by atoms with van der Waals surface area (Å²) >= 11 is 11.2. The van der Waals surface area contributed by atoms with Crippen molar-refractivity contribution in [1.29, 1.82) is 0 Å². The second kappa shape index (κ2) is 2.76. The number of rotatable bonds is 0. The molecule has 2 nitrogen and oxygen atoms in total. The molecule has 4 heteroatoms. The highest BCUT2D eigenvalue weighted by Crippen LogP contribution is 2.14. The molecule has 0 spiro atoms. The first-order chi connectivity index (χ1) is 4.20. The molecule has 0 saturated carbocycles. The van der Waals surface area contributed by atoms with E-state index in [9.17, 15) is 4.79 Å². The number of nitrogens with one attached hydrogen (secondary N) is 1. The van der Waals surface area contributed by atoms with Crippen molar-refractivity contribution in [1.82, 2.24) is 5.32 Å². The van der Waals surface area contributed by atoms with Crippen molar-refractivity contribution in [3.8, 4) is 0 Å². The lowest BCUT2D eigenvalue weighted by molar-refractivity contribution is -0.121. The highest BCUT2D eigenvalue weighted by Gasteiger charge is 2.24. The summed E-state index contributed by atoms with van der Waals surface area (Å²) in [6, 6.07) is 0. The van der Waals surface area contributed by atoms with Crippen LogP contribution in [0.2, 0.25) is 0 Å². The van der Waals surface area contributed by atoms with Crippen LogP contribution in [0.15, 0.2) is 0 Å². The number of alkyl halides is 2. The first-order valence-corrected chi connectivity index (χ1v) is 3.63. The van der Waals surface area contributed by atoms with E-state index in [1.165, 1.54) is 0 Å². The fourth-order valence-corrected chi connectivity index (χ4v) is 1.38. The van der Waals surface area contributed by atoms with Gasteiger partial charge in [-0.2, -0.15) is 0 Å². The number of piperidine rings is 1. The topological polar surface area (TPSA) is 29.1 Å². The van der Waals surface area contributed by atoms with E-state index in [1.54, 1.807) is 0 Å². The molecule has 1 rings (SSSR count). The minimum atomic E-state index is -0.429. The van der Waals surface area contributed by atoms with Gasteiger partial charge in [-0.15, -0.1) is 23.2 Å². The molecule has 0 aromatic carbocycles. The Hall–Kier alpha value is 0.0500. The first kappa shape index (κ1) is 7.16. The van der Waals surface area contributed by atoms with Crippen LogP contribution in [0.5, 0.6) is 0 Å². The van der Waals surface area contributed by atoms with Gasteiger partial charge in [-0.05, 0) is 6.42 Å². The molecule has 0 aliphatic carbocycles. The molecule has 2 atom stereocenters. The molecule has 1 N–H and O–H groups in total. The molecule has 1 saturated heterocycles. The van der Waals surface area contributed by atoms with Crippen molar-refractivity contribution in [2.24, 2.45) is 0 Å². The molecular weight excluding hydrogens is 161 g/mol. The van der Waals surface area contributed by atoms with Crippen molar-refractivity contribution in [2.45, 2.75) is 17.2 Å². The minimum Gasteiger partial charge on any atom is -0.353 e. The number of carbonyl (C=O) groups is 1. The molecule has 1 fully saturated rings. The van der Waals surface area contributed by atoms with Crippen LogP contribution < -0.4 is 5.32 Å². The monoisotopic (exact) mass is 167 g/mol. The molecule has 1 heterocycles. The zero-order chi connectivity index (χ0) is 6.85. The zero-order valence-electron chi connectivity index (χ0n) is 4.73. The van der Waals surface area contributed by atoms with E-state index in [-0.39, 0.29) is 11.3 Å². The van der Waals surface area contributed by atoms with Gasteiger partial charge in [0, 0.05) is 6.54 Å². The van der Waals surface area contributed by atoms with E-state index in [0.29, 0.717) is 13.0 Å². The summed E-state index contributed by atoms with van der Waals surface area (Å²) in [5.41, 5.74) is 0. The lowest BCUT2D eigenvalue weighted by Gasteiger charge is -2.20. The minimum absolute atomic E-state index is 0.00481. The average molecular weight is 168 g/mol. The van der Waals surface area contributed by atoms with Gasteiger partial charge < -0.3 is 5.32 Å². The third-order valence-electron chi connectivity index (χ3n) is 1.24. The number of hydrogen-bond acceptors (Lipinski definition) is 1. The summed E-state index contributed by atoms with van der Waals surface area (Å²) in [5, 5.41) is 2.15. The van der Waals surface area contributed by atoms with Crippen LogP contribution in [-0.2, 0) is 4.79 Å². The van der Waals surface area contributed by atoms with Gasteiger partial charge in [0.1, 0.15) is 5.38 Å². The standard InChI is InChI=1S/C5H7Cl2NO/c6-3-1-4(7)5(9)8-2-3/h3-4H,1-2H2,(H,8,9). The Morgan fingerprint density at radius 1 is 1.56 bits per heavy atom. The quantitative estimate of drug-likeness (QED) is 0.530. The summed E-state index contributed by atoms with van der Waals surface area (Å²) in [6.45, 7) is 0.545. The van der Waals surface area contributed by atoms with E-state index in [1.807, 2.05) is 0 Å². The van der Waals surface area contributed by atoms with Gasteiger partial charge in [0.05, 0.1) is 5.38 Å². The number of hydrogen-bond donors (Lipinski definition) is 1. The molecule has 0 aromatic heterocycles. The van der Waals surface area contributed by atoms with Gasteiger partial charge in [0.15, 0.2) is 0 Å². The van der Waals surface area contributed by atoms with E-state index < -0.39 is 5.38 Å². The van der Waals surface area contributed by atoms with Crippen molar-refractivity contribution < 1.29 is 4.79 Å². The van der Waals surface area contributed by atoms with Crippen molar-refractivity contribution in [3.05, 3.63) is 0 Å². The van der Waals surface area contributed by atoms with Crippen LogP contribution in [-0.4, -0.2) is 23.2 Å². The highest BCUT2D eigenvalue weighted by atomic mass is 35.5. The second-order valence-electron chi connectivity index (χ2n) is 2.05. The van der Waals surface area contributed by atoms with Gasteiger partial charge in [0.25, 0.3) is 0 Å². The van der Waals surface area contributed by atoms with Crippen LogP contribution >= 0.6 is 23.2 Å². The molecule has 9 heavy (non-hydrogen) atoms. The van der Waals surface area contributed by atoms with Crippen LogP contribution in [0.3, 0.4) is 0 Å². The molecular formula is C5H7Cl2NO. The van der Waals surface area contributed by atoms with Crippen molar-refractivity contribution in [2.75, 3.05) is 6.54 Å². The van der Waals surface area contributed by atoms with Gasteiger partial charge >= 0.3 is 0 Å². The maximum absolute atomic E-state index is 10.6. The normalized spacial score (nSPS) is 36.0. The smallest absolute Gasteiger partial charge is 0.238 e. The summed E-state index contributed by atoms with van der Waals surface area (Å²) < 4.78 is 0. The summed E-state index contributed by atoms with van der Waals surface area (Å²) in [4.78, 5) is 10.6. The highest BCUT2D eigenvalue weighted by molar-refractivity contribution is 6.32. The largest absolute Gasteiger partial charge is 0.353 e. The predicted molar refractivity (Wildman–Crippen MR) is 36.9 cm³/mol. The Kier molecular flexibility index (Phi) is 2.19. The predicted octanol–water partition coefficient (Wildman–Crippen LogP) is 0.721. The Morgan fingerprint density at radius 2 is 2.22 bits per heavy atom. The maximum Gasteiger partial charge on any atom is 0.238 e. The molecule has 52 valence electrons. The van der Waals surface area contributed by atoms with Gasteiger partial charge in [-0.25, -0.2) is 0 Å². The zero-order valence-corrected chi connectivity index (χ0v) is 6.24. The number of carbonyl (C=O) groups excluding carboxylic acids is 1. The lowest BCUT2D eigenvalue weighted by Crippen LogP contribution is -2.42. The summed E-state index contributed by atoms with van der Waals surface area (Å²) in [5.74, 6) is -0.103. The van der Waals surface area contributed by atoms with Crippen LogP contribution in [0.1, 0.15) is 6.42 Å².